The van der Waals surface area contributed by atoms with Crippen LogP contribution in [0.15, 0.2) is 12.2 Å². The van der Waals surface area contributed by atoms with Crippen molar-refractivity contribution < 1.29 is 0 Å². The maximum Gasteiger partial charge on any atom is -0.0351 e. The number of rotatable bonds is 22. The lowest BCUT2D eigenvalue weighted by Gasteiger charge is -2.04. The standard InChI is InChI=1S/C28H56/c1-27(2)25-23-21-19-17-15-13-11-9-7-5-6-8-10-12-14-16-18-20-22-24-26-28(3)4/h5,7,27-28H,6,8-26H2,1-4H3/b7-5-. The first-order chi connectivity index (χ1) is 13.6. The first kappa shape index (κ1) is 27.7. The van der Waals surface area contributed by atoms with Crippen LogP contribution in [0.3, 0.4) is 0 Å². The second-order valence-corrected chi connectivity index (χ2v) is 10.1. The van der Waals surface area contributed by atoms with E-state index in [1.165, 1.54) is 128 Å². The summed E-state index contributed by atoms with van der Waals surface area (Å²) >= 11 is 0. The van der Waals surface area contributed by atoms with Gasteiger partial charge in [0.2, 0.25) is 0 Å². The number of unbranched alkanes of at least 4 members (excludes halogenated alkanes) is 16. The highest BCUT2D eigenvalue weighted by Crippen LogP contribution is 2.14. The van der Waals surface area contributed by atoms with Gasteiger partial charge in [0.25, 0.3) is 0 Å². The van der Waals surface area contributed by atoms with Gasteiger partial charge in [-0.1, -0.05) is 143 Å². The van der Waals surface area contributed by atoms with Gasteiger partial charge in [-0.2, -0.15) is 0 Å². The molecule has 0 saturated carbocycles. The van der Waals surface area contributed by atoms with Gasteiger partial charge in [-0.15, -0.1) is 0 Å². The van der Waals surface area contributed by atoms with Crippen molar-refractivity contribution in [2.45, 2.75) is 156 Å². The summed E-state index contributed by atoms with van der Waals surface area (Å²) in [5.41, 5.74) is 0. The molecule has 0 radical (unpaired) electrons. The predicted octanol–water partition coefficient (Wildman–Crippen LogP) is 10.7. The van der Waals surface area contributed by atoms with Gasteiger partial charge in [0, 0.05) is 0 Å². The molecule has 0 N–H and O–H groups in total. The van der Waals surface area contributed by atoms with Crippen LogP contribution in [0.4, 0.5) is 0 Å². The van der Waals surface area contributed by atoms with E-state index >= 15 is 0 Å². The average Bonchev–Trinajstić information content (AvgIpc) is 2.65. The lowest BCUT2D eigenvalue weighted by atomic mass is 10.0. The summed E-state index contributed by atoms with van der Waals surface area (Å²) < 4.78 is 0. The molecule has 0 fully saturated rings. The Hall–Kier alpha value is -0.260. The summed E-state index contributed by atoms with van der Waals surface area (Å²) in [6.45, 7) is 9.36. The van der Waals surface area contributed by atoms with Crippen molar-refractivity contribution in [3.8, 4) is 0 Å². The maximum absolute atomic E-state index is 2.45. The Morgan fingerprint density at radius 1 is 0.357 bits per heavy atom. The fraction of sp³-hybridized carbons (Fsp3) is 0.929. The van der Waals surface area contributed by atoms with E-state index in [2.05, 4.69) is 39.8 Å². The number of hydrogen-bond acceptors (Lipinski definition) is 0. The molecule has 0 aliphatic rings. The minimum Gasteiger partial charge on any atom is -0.0885 e. The summed E-state index contributed by atoms with van der Waals surface area (Å²) in [6, 6.07) is 0. The van der Waals surface area contributed by atoms with Crippen LogP contribution in [0.2, 0.25) is 0 Å². The second-order valence-electron chi connectivity index (χ2n) is 10.1. The number of allylic oxidation sites excluding steroid dienone is 2. The van der Waals surface area contributed by atoms with Crippen molar-refractivity contribution >= 4 is 0 Å². The third kappa shape index (κ3) is 25.7. The van der Waals surface area contributed by atoms with Crippen LogP contribution in [-0.4, -0.2) is 0 Å². The van der Waals surface area contributed by atoms with Crippen LogP contribution < -0.4 is 0 Å². The molecule has 0 spiro atoms. The first-order valence-electron chi connectivity index (χ1n) is 13.3. The van der Waals surface area contributed by atoms with Gasteiger partial charge in [-0.05, 0) is 37.5 Å². The Kier molecular flexibility index (Phi) is 22.8. The van der Waals surface area contributed by atoms with E-state index < -0.39 is 0 Å². The maximum atomic E-state index is 2.45. The summed E-state index contributed by atoms with van der Waals surface area (Å²) in [4.78, 5) is 0. The van der Waals surface area contributed by atoms with E-state index in [1.54, 1.807) is 0 Å². The van der Waals surface area contributed by atoms with Crippen molar-refractivity contribution in [1.82, 2.24) is 0 Å². The summed E-state index contributed by atoms with van der Waals surface area (Å²) in [5.74, 6) is 1.78. The van der Waals surface area contributed by atoms with Gasteiger partial charge < -0.3 is 0 Å². The molecule has 168 valence electrons. The van der Waals surface area contributed by atoms with Crippen molar-refractivity contribution in [2.75, 3.05) is 0 Å². The lowest BCUT2D eigenvalue weighted by molar-refractivity contribution is 0.506. The van der Waals surface area contributed by atoms with E-state index in [9.17, 15) is 0 Å². The molecule has 0 aliphatic carbocycles. The third-order valence-electron chi connectivity index (χ3n) is 5.97. The molecule has 0 aliphatic heterocycles. The van der Waals surface area contributed by atoms with Crippen LogP contribution >= 0.6 is 0 Å². The highest BCUT2D eigenvalue weighted by atomic mass is 14.0. The predicted molar refractivity (Wildman–Crippen MR) is 131 cm³/mol. The molecule has 0 rings (SSSR count). The molecule has 28 heavy (non-hydrogen) atoms. The minimum atomic E-state index is 0.890. The molecular weight excluding hydrogens is 336 g/mol. The zero-order valence-corrected chi connectivity index (χ0v) is 20.5. The van der Waals surface area contributed by atoms with Gasteiger partial charge in [-0.3, -0.25) is 0 Å². The molecule has 0 bridgehead atoms. The van der Waals surface area contributed by atoms with Crippen molar-refractivity contribution in [3.05, 3.63) is 12.2 Å². The summed E-state index contributed by atoms with van der Waals surface area (Å²) in [5, 5.41) is 0. The van der Waals surface area contributed by atoms with Crippen LogP contribution in [0.5, 0.6) is 0 Å². The van der Waals surface area contributed by atoms with Crippen LogP contribution in [-0.2, 0) is 0 Å². The molecule has 0 aromatic heterocycles. The zero-order chi connectivity index (χ0) is 20.7. The van der Waals surface area contributed by atoms with Crippen molar-refractivity contribution in [3.63, 3.8) is 0 Å². The lowest BCUT2D eigenvalue weighted by Crippen LogP contribution is -1.87. The monoisotopic (exact) mass is 392 g/mol. The zero-order valence-electron chi connectivity index (χ0n) is 20.5. The Labute approximate surface area is 180 Å². The third-order valence-corrected chi connectivity index (χ3v) is 5.97. The SMILES string of the molecule is CC(C)CCCCCCCCC/C=C\CCCCCCCCCCCC(C)C. The Morgan fingerprint density at radius 2 is 0.607 bits per heavy atom. The molecule has 0 unspecified atom stereocenters. The van der Waals surface area contributed by atoms with E-state index in [-0.39, 0.29) is 0 Å². The van der Waals surface area contributed by atoms with E-state index in [4.69, 9.17) is 0 Å². The Morgan fingerprint density at radius 3 is 0.893 bits per heavy atom. The quantitative estimate of drug-likeness (QED) is 0.127. The van der Waals surface area contributed by atoms with E-state index in [0.717, 1.165) is 11.8 Å². The molecule has 0 nitrogen and oxygen atoms in total. The second kappa shape index (κ2) is 23.0. The molecule has 0 atom stereocenters. The highest BCUT2D eigenvalue weighted by molar-refractivity contribution is 4.81. The Balaban J connectivity index is 3.09. The molecule has 0 heteroatoms. The van der Waals surface area contributed by atoms with Gasteiger partial charge in [0.1, 0.15) is 0 Å². The van der Waals surface area contributed by atoms with Crippen LogP contribution in [0, 0.1) is 11.8 Å². The molecule has 0 amide bonds. The first-order valence-corrected chi connectivity index (χ1v) is 13.3. The molecule has 0 aromatic rings. The molecular formula is C28H56. The van der Waals surface area contributed by atoms with Crippen molar-refractivity contribution in [2.24, 2.45) is 11.8 Å². The van der Waals surface area contributed by atoms with E-state index in [0.29, 0.717) is 0 Å². The minimum absolute atomic E-state index is 0.890. The topological polar surface area (TPSA) is 0 Å². The molecule has 0 saturated heterocycles. The van der Waals surface area contributed by atoms with Gasteiger partial charge in [-0.25, -0.2) is 0 Å². The largest absolute Gasteiger partial charge is 0.0885 e. The average molecular weight is 393 g/mol. The highest BCUT2D eigenvalue weighted by Gasteiger charge is 1.96. The summed E-state index contributed by atoms with van der Waals surface area (Å²) in [6.07, 6.45) is 33.5. The van der Waals surface area contributed by atoms with Gasteiger partial charge in [0.15, 0.2) is 0 Å². The van der Waals surface area contributed by atoms with Gasteiger partial charge >= 0.3 is 0 Å². The molecule has 0 heterocycles. The summed E-state index contributed by atoms with van der Waals surface area (Å²) in [7, 11) is 0. The molecule has 0 aromatic carbocycles. The van der Waals surface area contributed by atoms with Crippen LogP contribution in [0.25, 0.3) is 0 Å². The Bertz CT molecular complexity index is 299. The van der Waals surface area contributed by atoms with Crippen LogP contribution in [0.1, 0.15) is 156 Å². The smallest absolute Gasteiger partial charge is 0.0351 e. The van der Waals surface area contributed by atoms with E-state index in [1.807, 2.05) is 0 Å². The van der Waals surface area contributed by atoms with Crippen molar-refractivity contribution in [1.29, 1.82) is 0 Å². The number of hydrogen-bond donors (Lipinski definition) is 0. The normalized spacial score (nSPS) is 12.1. The van der Waals surface area contributed by atoms with Gasteiger partial charge in [0.05, 0.1) is 0 Å². The fourth-order valence-electron chi connectivity index (χ4n) is 3.99. The fourth-order valence-corrected chi connectivity index (χ4v) is 3.99.